The standard InChI is InChI=1S/C42H79NO4/c1-3-5-7-9-11-13-15-17-19-21-23-25-27-29-31-33-35-39(45)37-42(47)43-40(38-44)41(46)36-34-32-30-28-26-24-22-20-18-16-14-12-10-8-6-4-2/h18,20,26,28,34,36,39-41,44-46H,3-17,19,21-25,27,29-33,35,37-38H2,1-2H3,(H,43,47)/b20-18+,28-26+,36-34+. The summed E-state index contributed by atoms with van der Waals surface area (Å²) in [6.45, 7) is 4.18. The molecule has 5 heteroatoms. The van der Waals surface area contributed by atoms with Crippen LogP contribution < -0.4 is 5.32 Å². The Balaban J connectivity index is 3.76. The van der Waals surface area contributed by atoms with E-state index >= 15 is 0 Å². The number of aliphatic hydroxyl groups excluding tert-OH is 3. The maximum Gasteiger partial charge on any atom is 0.222 e. The molecule has 0 heterocycles. The van der Waals surface area contributed by atoms with Crippen LogP contribution in [0.25, 0.3) is 0 Å². The van der Waals surface area contributed by atoms with E-state index in [4.69, 9.17) is 0 Å². The third-order valence-corrected chi connectivity index (χ3v) is 9.16. The lowest BCUT2D eigenvalue weighted by Crippen LogP contribution is -2.45. The van der Waals surface area contributed by atoms with Crippen molar-refractivity contribution >= 4 is 5.91 Å². The molecule has 0 saturated carbocycles. The van der Waals surface area contributed by atoms with Gasteiger partial charge in [-0.15, -0.1) is 0 Å². The summed E-state index contributed by atoms with van der Waals surface area (Å²) in [5.74, 6) is -0.329. The van der Waals surface area contributed by atoms with Gasteiger partial charge in [0.15, 0.2) is 0 Å². The molecule has 0 rings (SSSR count). The van der Waals surface area contributed by atoms with Crippen molar-refractivity contribution < 1.29 is 20.1 Å². The largest absolute Gasteiger partial charge is 0.394 e. The van der Waals surface area contributed by atoms with Crippen LogP contribution in [-0.4, -0.2) is 46.1 Å². The predicted molar refractivity (Wildman–Crippen MR) is 204 cm³/mol. The van der Waals surface area contributed by atoms with Gasteiger partial charge in [0.2, 0.25) is 5.91 Å². The normalized spacial score (nSPS) is 14.1. The number of aliphatic hydroxyl groups is 3. The molecule has 0 bridgehead atoms. The van der Waals surface area contributed by atoms with Crippen molar-refractivity contribution in [1.82, 2.24) is 5.32 Å². The zero-order chi connectivity index (χ0) is 34.5. The fourth-order valence-corrected chi connectivity index (χ4v) is 6.02. The van der Waals surface area contributed by atoms with Gasteiger partial charge in [0, 0.05) is 0 Å². The molecule has 0 aromatic heterocycles. The Labute approximate surface area is 292 Å². The molecule has 4 N–H and O–H groups in total. The second-order valence-electron chi connectivity index (χ2n) is 13.9. The van der Waals surface area contributed by atoms with Crippen LogP contribution in [0, 0.1) is 0 Å². The molecule has 0 fully saturated rings. The van der Waals surface area contributed by atoms with Crippen LogP contribution in [0.5, 0.6) is 0 Å². The molecule has 0 aliphatic heterocycles. The molecule has 3 atom stereocenters. The van der Waals surface area contributed by atoms with Gasteiger partial charge in [-0.3, -0.25) is 4.79 Å². The van der Waals surface area contributed by atoms with Crippen LogP contribution in [0.3, 0.4) is 0 Å². The summed E-state index contributed by atoms with van der Waals surface area (Å²) in [7, 11) is 0. The minimum Gasteiger partial charge on any atom is -0.394 e. The van der Waals surface area contributed by atoms with Gasteiger partial charge in [-0.2, -0.15) is 0 Å². The number of hydrogen-bond donors (Lipinski definition) is 4. The van der Waals surface area contributed by atoms with E-state index in [1.165, 1.54) is 135 Å². The average molecular weight is 662 g/mol. The molecule has 0 spiro atoms. The summed E-state index contributed by atoms with van der Waals surface area (Å²) in [6.07, 6.45) is 45.6. The number of hydrogen-bond acceptors (Lipinski definition) is 4. The Morgan fingerprint density at radius 1 is 0.532 bits per heavy atom. The molecule has 0 aromatic carbocycles. The molecular formula is C42H79NO4. The van der Waals surface area contributed by atoms with Gasteiger partial charge in [-0.25, -0.2) is 0 Å². The summed E-state index contributed by atoms with van der Waals surface area (Å²) in [6, 6.07) is -0.764. The van der Waals surface area contributed by atoms with Crippen LogP contribution in [0.2, 0.25) is 0 Å². The Morgan fingerprint density at radius 3 is 1.36 bits per heavy atom. The summed E-state index contributed by atoms with van der Waals surface area (Å²) in [4.78, 5) is 12.4. The molecule has 47 heavy (non-hydrogen) atoms. The number of carbonyl (C=O) groups is 1. The van der Waals surface area contributed by atoms with Crippen LogP contribution in [0.15, 0.2) is 36.5 Å². The van der Waals surface area contributed by atoms with Crippen molar-refractivity contribution in [2.24, 2.45) is 0 Å². The summed E-state index contributed by atoms with van der Waals surface area (Å²) in [5.41, 5.74) is 0. The predicted octanol–water partition coefficient (Wildman–Crippen LogP) is 11.2. The van der Waals surface area contributed by atoms with Crippen LogP contribution in [-0.2, 0) is 4.79 Å². The van der Waals surface area contributed by atoms with Gasteiger partial charge < -0.3 is 20.6 Å². The zero-order valence-corrected chi connectivity index (χ0v) is 31.2. The van der Waals surface area contributed by atoms with Crippen molar-refractivity contribution in [2.75, 3.05) is 6.61 Å². The van der Waals surface area contributed by atoms with Gasteiger partial charge in [-0.05, 0) is 44.9 Å². The second-order valence-corrected chi connectivity index (χ2v) is 13.9. The number of carbonyl (C=O) groups excluding carboxylic acids is 1. The highest BCUT2D eigenvalue weighted by Gasteiger charge is 2.20. The first kappa shape index (κ1) is 45.6. The van der Waals surface area contributed by atoms with Crippen molar-refractivity contribution in [3.8, 4) is 0 Å². The first-order chi connectivity index (χ1) is 23.0. The molecule has 0 aromatic rings. The molecule has 5 nitrogen and oxygen atoms in total. The Morgan fingerprint density at radius 2 is 0.915 bits per heavy atom. The van der Waals surface area contributed by atoms with Crippen molar-refractivity contribution in [1.29, 1.82) is 0 Å². The Bertz CT molecular complexity index is 734. The van der Waals surface area contributed by atoms with Gasteiger partial charge in [0.25, 0.3) is 0 Å². The van der Waals surface area contributed by atoms with Gasteiger partial charge in [-0.1, -0.05) is 185 Å². The maximum absolute atomic E-state index is 12.4. The fraction of sp³-hybridized carbons (Fsp3) is 0.833. The highest BCUT2D eigenvalue weighted by molar-refractivity contribution is 5.76. The highest BCUT2D eigenvalue weighted by Crippen LogP contribution is 2.15. The molecule has 3 unspecified atom stereocenters. The molecule has 0 aliphatic carbocycles. The SMILES string of the molecule is CCCCCCCC/C=C/CC/C=C/CC/C=C/C(O)C(CO)NC(=O)CC(O)CCCCCCCCCCCCCCCCCC. The quantitative estimate of drug-likeness (QED) is 0.0397. The molecule has 1 amide bonds. The summed E-state index contributed by atoms with van der Waals surface area (Å²) in [5, 5.41) is 33.1. The van der Waals surface area contributed by atoms with E-state index in [0.717, 1.165) is 38.5 Å². The fourth-order valence-electron chi connectivity index (χ4n) is 6.02. The first-order valence-electron chi connectivity index (χ1n) is 20.3. The first-order valence-corrected chi connectivity index (χ1v) is 20.3. The molecule has 0 saturated heterocycles. The van der Waals surface area contributed by atoms with Crippen LogP contribution >= 0.6 is 0 Å². The topological polar surface area (TPSA) is 89.8 Å². The third kappa shape index (κ3) is 34.2. The van der Waals surface area contributed by atoms with Gasteiger partial charge >= 0.3 is 0 Å². The lowest BCUT2D eigenvalue weighted by Gasteiger charge is -2.21. The van der Waals surface area contributed by atoms with E-state index in [1.807, 2.05) is 6.08 Å². The van der Waals surface area contributed by atoms with Crippen molar-refractivity contribution in [3.05, 3.63) is 36.5 Å². The van der Waals surface area contributed by atoms with E-state index in [2.05, 4.69) is 43.5 Å². The third-order valence-electron chi connectivity index (χ3n) is 9.16. The maximum atomic E-state index is 12.4. The number of rotatable bonds is 36. The van der Waals surface area contributed by atoms with Crippen molar-refractivity contribution in [2.45, 2.75) is 218 Å². The summed E-state index contributed by atoms with van der Waals surface area (Å²) >= 11 is 0. The van der Waals surface area contributed by atoms with E-state index in [1.54, 1.807) is 6.08 Å². The van der Waals surface area contributed by atoms with Crippen molar-refractivity contribution in [3.63, 3.8) is 0 Å². The Hall–Kier alpha value is -1.43. The van der Waals surface area contributed by atoms with E-state index in [-0.39, 0.29) is 18.9 Å². The van der Waals surface area contributed by atoms with E-state index in [9.17, 15) is 20.1 Å². The van der Waals surface area contributed by atoms with Gasteiger partial charge in [0.1, 0.15) is 0 Å². The average Bonchev–Trinajstić information content (AvgIpc) is 3.06. The molecule has 0 radical (unpaired) electrons. The highest BCUT2D eigenvalue weighted by atomic mass is 16.3. The second kappa shape index (κ2) is 37.4. The van der Waals surface area contributed by atoms with E-state index < -0.39 is 18.2 Å². The van der Waals surface area contributed by atoms with Crippen LogP contribution in [0.4, 0.5) is 0 Å². The smallest absolute Gasteiger partial charge is 0.222 e. The minimum absolute atomic E-state index is 0.00467. The number of allylic oxidation sites excluding steroid dienone is 5. The van der Waals surface area contributed by atoms with E-state index in [0.29, 0.717) is 6.42 Å². The lowest BCUT2D eigenvalue weighted by atomic mass is 10.0. The molecule has 276 valence electrons. The lowest BCUT2D eigenvalue weighted by molar-refractivity contribution is -0.124. The molecular weight excluding hydrogens is 582 g/mol. The number of unbranched alkanes of at least 4 members (excludes halogenated alkanes) is 23. The van der Waals surface area contributed by atoms with Gasteiger partial charge in [0.05, 0.1) is 31.3 Å². The Kier molecular flexibility index (Phi) is 36.3. The molecule has 0 aliphatic rings. The zero-order valence-electron chi connectivity index (χ0n) is 31.2. The minimum atomic E-state index is -0.956. The number of amides is 1. The number of nitrogens with one attached hydrogen (secondary N) is 1. The monoisotopic (exact) mass is 662 g/mol. The summed E-state index contributed by atoms with van der Waals surface area (Å²) < 4.78 is 0. The van der Waals surface area contributed by atoms with Crippen LogP contribution in [0.1, 0.15) is 200 Å².